The Balaban J connectivity index is 2.40. The van der Waals surface area contributed by atoms with Crippen LogP contribution >= 0.6 is 11.6 Å². The summed E-state index contributed by atoms with van der Waals surface area (Å²) in [5, 5.41) is 5.33. The van der Waals surface area contributed by atoms with E-state index in [-0.39, 0.29) is 0 Å². The van der Waals surface area contributed by atoms with Crippen LogP contribution in [0.2, 0.25) is 5.02 Å². The van der Waals surface area contributed by atoms with Gasteiger partial charge in [0, 0.05) is 22.6 Å². The highest BCUT2D eigenvalue weighted by Crippen LogP contribution is 2.22. The number of aryl methyl sites for hydroxylation is 1. The van der Waals surface area contributed by atoms with Gasteiger partial charge in [-0.15, -0.1) is 0 Å². The van der Waals surface area contributed by atoms with Crippen molar-refractivity contribution in [2.24, 2.45) is 0 Å². The third-order valence-corrected chi connectivity index (χ3v) is 2.96. The van der Waals surface area contributed by atoms with Crippen molar-refractivity contribution in [3.63, 3.8) is 0 Å². The van der Waals surface area contributed by atoms with Gasteiger partial charge < -0.3 is 5.32 Å². The van der Waals surface area contributed by atoms with Crippen molar-refractivity contribution in [1.82, 2.24) is 10.3 Å². The molecule has 0 unspecified atom stereocenters. The van der Waals surface area contributed by atoms with Gasteiger partial charge >= 0.3 is 0 Å². The quantitative estimate of drug-likeness (QED) is 0.835. The molecule has 1 heterocycles. The molecule has 0 spiro atoms. The Kier molecular flexibility index (Phi) is 3.97. The molecular weight excluding hydrogens is 232 g/mol. The van der Waals surface area contributed by atoms with Crippen molar-refractivity contribution in [3.8, 4) is 0 Å². The van der Waals surface area contributed by atoms with Crippen LogP contribution < -0.4 is 5.32 Å². The average Bonchev–Trinajstić information content (AvgIpc) is 2.30. The maximum atomic E-state index is 6.04. The number of fused-ring (bicyclic) bond motifs is 1. The second-order valence-corrected chi connectivity index (χ2v) is 4.70. The van der Waals surface area contributed by atoms with E-state index in [9.17, 15) is 0 Å². The number of nitrogens with one attached hydrogen (secondary N) is 1. The molecule has 0 atom stereocenters. The van der Waals surface area contributed by atoms with Crippen molar-refractivity contribution in [2.75, 3.05) is 6.54 Å². The lowest BCUT2D eigenvalue weighted by Crippen LogP contribution is -2.14. The van der Waals surface area contributed by atoms with Crippen LogP contribution in [-0.2, 0) is 6.54 Å². The molecule has 90 valence electrons. The van der Waals surface area contributed by atoms with Crippen LogP contribution in [0.3, 0.4) is 0 Å². The Morgan fingerprint density at radius 2 is 2.12 bits per heavy atom. The molecule has 0 fully saturated rings. The van der Waals surface area contributed by atoms with Crippen LogP contribution in [0.15, 0.2) is 24.3 Å². The average molecular weight is 249 g/mol. The standard InChI is InChI=1S/C14H17ClN2/c1-3-6-16-9-11-7-10(2)17-14-5-4-12(15)8-13(11)14/h4-5,7-8,16H,3,6,9H2,1-2H3. The normalized spacial score (nSPS) is 11.0. The first-order valence-electron chi connectivity index (χ1n) is 5.97. The zero-order valence-electron chi connectivity index (χ0n) is 10.3. The van der Waals surface area contributed by atoms with Crippen molar-refractivity contribution in [3.05, 3.63) is 40.5 Å². The van der Waals surface area contributed by atoms with Gasteiger partial charge in [-0.25, -0.2) is 0 Å². The van der Waals surface area contributed by atoms with Crippen LogP contribution in [0.1, 0.15) is 24.6 Å². The number of hydrogen-bond donors (Lipinski definition) is 1. The van der Waals surface area contributed by atoms with Crippen LogP contribution in [0, 0.1) is 6.92 Å². The van der Waals surface area contributed by atoms with E-state index >= 15 is 0 Å². The lowest BCUT2D eigenvalue weighted by atomic mass is 10.1. The van der Waals surface area contributed by atoms with Gasteiger partial charge in [0.05, 0.1) is 5.52 Å². The second-order valence-electron chi connectivity index (χ2n) is 4.26. The van der Waals surface area contributed by atoms with Crippen molar-refractivity contribution < 1.29 is 0 Å². The summed E-state index contributed by atoms with van der Waals surface area (Å²) in [6, 6.07) is 7.99. The second kappa shape index (κ2) is 5.48. The molecule has 0 saturated carbocycles. The van der Waals surface area contributed by atoms with Crippen LogP contribution in [-0.4, -0.2) is 11.5 Å². The molecule has 0 bridgehead atoms. The molecule has 0 saturated heterocycles. The predicted octanol–water partition coefficient (Wildman–Crippen LogP) is 3.70. The van der Waals surface area contributed by atoms with E-state index in [1.54, 1.807) is 0 Å². The highest BCUT2D eigenvalue weighted by Gasteiger charge is 2.04. The molecule has 2 nitrogen and oxygen atoms in total. The van der Waals surface area contributed by atoms with E-state index in [1.165, 1.54) is 5.56 Å². The van der Waals surface area contributed by atoms with E-state index in [2.05, 4.69) is 23.3 Å². The lowest BCUT2D eigenvalue weighted by molar-refractivity contribution is 0.677. The molecule has 17 heavy (non-hydrogen) atoms. The van der Waals surface area contributed by atoms with Gasteiger partial charge in [-0.1, -0.05) is 18.5 Å². The van der Waals surface area contributed by atoms with Gasteiger partial charge in [-0.3, -0.25) is 4.98 Å². The number of benzene rings is 1. The Labute approximate surface area is 107 Å². The first-order chi connectivity index (χ1) is 8.20. The van der Waals surface area contributed by atoms with Crippen molar-refractivity contribution >= 4 is 22.5 Å². The first-order valence-corrected chi connectivity index (χ1v) is 6.35. The topological polar surface area (TPSA) is 24.9 Å². The number of halogens is 1. The van der Waals surface area contributed by atoms with E-state index < -0.39 is 0 Å². The molecule has 0 aliphatic heterocycles. The van der Waals surface area contributed by atoms with Crippen LogP contribution in [0.5, 0.6) is 0 Å². The molecule has 0 aliphatic rings. The minimum absolute atomic E-state index is 0.764. The maximum absolute atomic E-state index is 6.04. The number of pyridine rings is 1. The van der Waals surface area contributed by atoms with Gasteiger partial charge in [0.1, 0.15) is 0 Å². The molecule has 0 radical (unpaired) electrons. The van der Waals surface area contributed by atoms with Gasteiger partial charge in [-0.2, -0.15) is 0 Å². The fourth-order valence-electron chi connectivity index (χ4n) is 1.96. The molecule has 0 amide bonds. The number of nitrogens with zero attached hydrogens (tertiary/aromatic N) is 1. The molecule has 0 aliphatic carbocycles. The summed E-state index contributed by atoms with van der Waals surface area (Å²) in [4.78, 5) is 4.52. The summed E-state index contributed by atoms with van der Waals surface area (Å²) < 4.78 is 0. The lowest BCUT2D eigenvalue weighted by Gasteiger charge is -2.09. The van der Waals surface area contributed by atoms with E-state index in [1.807, 2.05) is 25.1 Å². The number of rotatable bonds is 4. The molecule has 1 aromatic carbocycles. The molecular formula is C14H17ClN2. The van der Waals surface area contributed by atoms with E-state index in [0.717, 1.165) is 41.1 Å². The Bertz CT molecular complexity index is 523. The van der Waals surface area contributed by atoms with Gasteiger partial charge in [-0.05, 0) is 49.7 Å². The fourth-order valence-corrected chi connectivity index (χ4v) is 2.13. The number of hydrogen-bond acceptors (Lipinski definition) is 2. The summed E-state index contributed by atoms with van der Waals surface area (Å²) in [5.74, 6) is 0. The van der Waals surface area contributed by atoms with E-state index in [4.69, 9.17) is 11.6 Å². The maximum Gasteiger partial charge on any atom is 0.0709 e. The Hall–Kier alpha value is -1.12. The Morgan fingerprint density at radius 3 is 2.88 bits per heavy atom. The molecule has 3 heteroatoms. The summed E-state index contributed by atoms with van der Waals surface area (Å²) in [5.41, 5.74) is 3.33. The molecule has 1 N–H and O–H groups in total. The third-order valence-electron chi connectivity index (χ3n) is 2.73. The van der Waals surface area contributed by atoms with Crippen LogP contribution in [0.4, 0.5) is 0 Å². The van der Waals surface area contributed by atoms with Gasteiger partial charge in [0.2, 0.25) is 0 Å². The predicted molar refractivity (Wildman–Crippen MR) is 73.5 cm³/mol. The molecule has 1 aromatic heterocycles. The molecule has 2 rings (SSSR count). The van der Waals surface area contributed by atoms with Crippen molar-refractivity contribution in [2.45, 2.75) is 26.8 Å². The summed E-state index contributed by atoms with van der Waals surface area (Å²) >= 11 is 6.04. The zero-order valence-corrected chi connectivity index (χ0v) is 11.0. The van der Waals surface area contributed by atoms with Crippen LogP contribution in [0.25, 0.3) is 10.9 Å². The monoisotopic (exact) mass is 248 g/mol. The Morgan fingerprint density at radius 1 is 1.29 bits per heavy atom. The highest BCUT2D eigenvalue weighted by atomic mass is 35.5. The first kappa shape index (κ1) is 12.3. The zero-order chi connectivity index (χ0) is 12.3. The fraction of sp³-hybridized carbons (Fsp3) is 0.357. The molecule has 2 aromatic rings. The largest absolute Gasteiger partial charge is 0.313 e. The van der Waals surface area contributed by atoms with Crippen molar-refractivity contribution in [1.29, 1.82) is 0 Å². The van der Waals surface area contributed by atoms with E-state index in [0.29, 0.717) is 0 Å². The van der Waals surface area contributed by atoms with Gasteiger partial charge in [0.25, 0.3) is 0 Å². The number of aromatic nitrogens is 1. The summed E-state index contributed by atoms with van der Waals surface area (Å²) in [6.07, 6.45) is 1.14. The minimum Gasteiger partial charge on any atom is -0.313 e. The smallest absolute Gasteiger partial charge is 0.0709 e. The third kappa shape index (κ3) is 2.96. The minimum atomic E-state index is 0.764. The highest BCUT2D eigenvalue weighted by molar-refractivity contribution is 6.31. The SMILES string of the molecule is CCCNCc1cc(C)nc2ccc(Cl)cc12. The summed E-state index contributed by atoms with van der Waals surface area (Å²) in [7, 11) is 0. The van der Waals surface area contributed by atoms with Gasteiger partial charge in [0.15, 0.2) is 0 Å². The summed E-state index contributed by atoms with van der Waals surface area (Å²) in [6.45, 7) is 6.09.